The number of aryl methyl sites for hydroxylation is 2. The second-order valence-corrected chi connectivity index (χ2v) is 5.55. The molecule has 23 heavy (non-hydrogen) atoms. The zero-order valence-electron chi connectivity index (χ0n) is 14.7. The summed E-state index contributed by atoms with van der Waals surface area (Å²) in [5.41, 5.74) is 6.09. The minimum Gasteiger partial charge on any atom is -0.261 e. The van der Waals surface area contributed by atoms with Crippen LogP contribution in [0, 0.1) is 13.8 Å². The van der Waals surface area contributed by atoms with Crippen molar-refractivity contribution in [1.29, 1.82) is 0 Å². The highest BCUT2D eigenvalue weighted by Gasteiger charge is 1.94. The van der Waals surface area contributed by atoms with Gasteiger partial charge in [0.05, 0.1) is 0 Å². The van der Waals surface area contributed by atoms with Crippen molar-refractivity contribution in [3.05, 3.63) is 101 Å². The summed E-state index contributed by atoms with van der Waals surface area (Å²) in [6.07, 6.45) is 8.93. The first-order valence-electron chi connectivity index (χ1n) is 7.95. The first-order valence-corrected chi connectivity index (χ1v) is 7.95. The van der Waals surface area contributed by atoms with E-state index in [1.165, 1.54) is 16.7 Å². The molecule has 0 amide bonds. The lowest BCUT2D eigenvalue weighted by molar-refractivity contribution is 1.10. The molecule has 0 spiro atoms. The standard InChI is InChI=1S/C14H17N.C8H10/c1-4-7-13(12(2)3)9-10-14-8-5-6-11-15-14;1-7-5-3-4-6-8(7)2/h4-9,11H,2,10H2,1,3H3;3-6H,1-2H3/b7-4-,13-9+;. The Balaban J connectivity index is 0.000000277. The predicted octanol–water partition coefficient (Wildman–Crippen LogP) is 6.01. The first-order chi connectivity index (χ1) is 11.0. The van der Waals surface area contributed by atoms with E-state index < -0.39 is 0 Å². The molecule has 0 bridgehead atoms. The van der Waals surface area contributed by atoms with E-state index in [2.05, 4.69) is 61.8 Å². The highest BCUT2D eigenvalue weighted by atomic mass is 14.7. The molecule has 0 aliphatic rings. The minimum absolute atomic E-state index is 0.855. The molecular formula is C22H27N. The monoisotopic (exact) mass is 305 g/mol. The largest absolute Gasteiger partial charge is 0.261 e. The normalized spacial score (nSPS) is 11.0. The van der Waals surface area contributed by atoms with Gasteiger partial charge in [-0.25, -0.2) is 0 Å². The van der Waals surface area contributed by atoms with Gasteiger partial charge in [0, 0.05) is 18.3 Å². The lowest BCUT2D eigenvalue weighted by Gasteiger charge is -2.00. The summed E-state index contributed by atoms with van der Waals surface area (Å²) in [7, 11) is 0. The van der Waals surface area contributed by atoms with Gasteiger partial charge < -0.3 is 0 Å². The van der Waals surface area contributed by atoms with Crippen molar-refractivity contribution in [3.8, 4) is 0 Å². The Kier molecular flexibility index (Phi) is 8.38. The molecule has 2 rings (SSSR count). The SMILES string of the molecule is C=C(C)C(/C=C\C)=C/Cc1ccccn1.Cc1ccccc1C. The molecule has 0 atom stereocenters. The van der Waals surface area contributed by atoms with Gasteiger partial charge in [0.1, 0.15) is 0 Å². The van der Waals surface area contributed by atoms with Gasteiger partial charge in [-0.15, -0.1) is 0 Å². The van der Waals surface area contributed by atoms with Gasteiger partial charge in [0.15, 0.2) is 0 Å². The van der Waals surface area contributed by atoms with Crippen LogP contribution in [0.1, 0.15) is 30.7 Å². The smallest absolute Gasteiger partial charge is 0.0441 e. The molecule has 0 aliphatic heterocycles. The second-order valence-electron chi connectivity index (χ2n) is 5.55. The average Bonchev–Trinajstić information content (AvgIpc) is 2.55. The highest BCUT2D eigenvalue weighted by molar-refractivity contribution is 5.37. The van der Waals surface area contributed by atoms with Crippen molar-refractivity contribution in [2.24, 2.45) is 0 Å². The number of allylic oxidation sites excluding steroid dienone is 5. The van der Waals surface area contributed by atoms with Gasteiger partial charge in [-0.1, -0.05) is 60.7 Å². The van der Waals surface area contributed by atoms with Gasteiger partial charge in [-0.3, -0.25) is 4.98 Å². The number of hydrogen-bond acceptors (Lipinski definition) is 1. The van der Waals surface area contributed by atoms with E-state index in [-0.39, 0.29) is 0 Å². The average molecular weight is 305 g/mol. The molecule has 1 heterocycles. The van der Waals surface area contributed by atoms with Gasteiger partial charge >= 0.3 is 0 Å². The fourth-order valence-electron chi connectivity index (χ4n) is 1.96. The third kappa shape index (κ3) is 7.42. The molecule has 0 N–H and O–H groups in total. The molecule has 0 radical (unpaired) electrons. The molecule has 0 fully saturated rings. The van der Waals surface area contributed by atoms with E-state index in [0.717, 1.165) is 17.7 Å². The Morgan fingerprint density at radius 1 is 1.04 bits per heavy atom. The van der Waals surface area contributed by atoms with Crippen molar-refractivity contribution in [1.82, 2.24) is 4.98 Å². The number of pyridine rings is 1. The zero-order chi connectivity index (χ0) is 17.1. The van der Waals surface area contributed by atoms with Crippen molar-refractivity contribution in [2.45, 2.75) is 34.1 Å². The number of nitrogens with zero attached hydrogens (tertiary/aromatic N) is 1. The first kappa shape index (κ1) is 18.6. The number of hydrogen-bond donors (Lipinski definition) is 0. The molecule has 0 saturated heterocycles. The van der Waals surface area contributed by atoms with Crippen LogP contribution in [0.25, 0.3) is 0 Å². The minimum atomic E-state index is 0.855. The maximum Gasteiger partial charge on any atom is 0.0441 e. The molecule has 1 heteroatoms. The Labute approximate surface area is 141 Å². The Hall–Kier alpha value is -2.41. The van der Waals surface area contributed by atoms with Crippen LogP contribution in [0.15, 0.2) is 84.6 Å². The Morgan fingerprint density at radius 2 is 1.65 bits per heavy atom. The van der Waals surface area contributed by atoms with E-state index >= 15 is 0 Å². The summed E-state index contributed by atoms with van der Waals surface area (Å²) in [5, 5.41) is 0. The fraction of sp³-hybridized carbons (Fsp3) is 0.227. The molecule has 2 aromatic rings. The number of rotatable bonds is 4. The summed E-state index contributed by atoms with van der Waals surface area (Å²) in [6, 6.07) is 14.3. The molecule has 1 aromatic heterocycles. The molecule has 1 aromatic carbocycles. The van der Waals surface area contributed by atoms with E-state index in [1.54, 1.807) is 0 Å². The van der Waals surface area contributed by atoms with E-state index in [9.17, 15) is 0 Å². The van der Waals surface area contributed by atoms with Crippen LogP contribution >= 0.6 is 0 Å². The van der Waals surface area contributed by atoms with Crippen LogP contribution in [0.4, 0.5) is 0 Å². The maximum absolute atomic E-state index is 4.27. The molecular weight excluding hydrogens is 278 g/mol. The second kappa shape index (κ2) is 10.3. The number of aromatic nitrogens is 1. The summed E-state index contributed by atoms with van der Waals surface area (Å²) in [6.45, 7) is 12.2. The zero-order valence-corrected chi connectivity index (χ0v) is 14.7. The predicted molar refractivity (Wildman–Crippen MR) is 102 cm³/mol. The lowest BCUT2D eigenvalue weighted by atomic mass is 10.1. The van der Waals surface area contributed by atoms with Gasteiger partial charge in [-0.2, -0.15) is 0 Å². The van der Waals surface area contributed by atoms with Crippen LogP contribution in [0.3, 0.4) is 0 Å². The summed E-state index contributed by atoms with van der Waals surface area (Å²) in [4.78, 5) is 4.27. The molecule has 0 aliphatic carbocycles. The van der Waals surface area contributed by atoms with Crippen molar-refractivity contribution in [2.75, 3.05) is 0 Å². The van der Waals surface area contributed by atoms with Gasteiger partial charge in [0.25, 0.3) is 0 Å². The third-order valence-electron chi connectivity index (χ3n) is 3.52. The van der Waals surface area contributed by atoms with Crippen molar-refractivity contribution < 1.29 is 0 Å². The maximum atomic E-state index is 4.27. The highest BCUT2D eigenvalue weighted by Crippen LogP contribution is 2.10. The van der Waals surface area contributed by atoms with Crippen LogP contribution in [0.2, 0.25) is 0 Å². The molecule has 120 valence electrons. The summed E-state index contributed by atoms with van der Waals surface area (Å²) in [5.74, 6) is 0. The van der Waals surface area contributed by atoms with E-state index in [0.29, 0.717) is 0 Å². The Bertz CT molecular complexity index is 642. The third-order valence-corrected chi connectivity index (χ3v) is 3.52. The lowest BCUT2D eigenvalue weighted by Crippen LogP contribution is -1.87. The quantitative estimate of drug-likeness (QED) is 0.631. The van der Waals surface area contributed by atoms with Crippen LogP contribution in [-0.2, 0) is 6.42 Å². The molecule has 0 unspecified atom stereocenters. The summed E-state index contributed by atoms with van der Waals surface area (Å²) >= 11 is 0. The van der Waals surface area contributed by atoms with E-state index in [4.69, 9.17) is 0 Å². The van der Waals surface area contributed by atoms with Crippen molar-refractivity contribution in [3.63, 3.8) is 0 Å². The number of benzene rings is 1. The molecule has 1 nitrogen and oxygen atoms in total. The fourth-order valence-corrected chi connectivity index (χ4v) is 1.96. The van der Waals surface area contributed by atoms with Gasteiger partial charge in [0.2, 0.25) is 0 Å². The Morgan fingerprint density at radius 3 is 2.09 bits per heavy atom. The van der Waals surface area contributed by atoms with Crippen LogP contribution in [-0.4, -0.2) is 4.98 Å². The topological polar surface area (TPSA) is 12.9 Å². The van der Waals surface area contributed by atoms with E-state index in [1.807, 2.05) is 44.3 Å². The molecule has 0 saturated carbocycles. The van der Waals surface area contributed by atoms with Crippen LogP contribution < -0.4 is 0 Å². The summed E-state index contributed by atoms with van der Waals surface area (Å²) < 4.78 is 0. The van der Waals surface area contributed by atoms with Crippen LogP contribution in [0.5, 0.6) is 0 Å². The van der Waals surface area contributed by atoms with Crippen molar-refractivity contribution >= 4 is 0 Å². The van der Waals surface area contributed by atoms with Gasteiger partial charge in [-0.05, 0) is 56.5 Å².